The van der Waals surface area contributed by atoms with Gasteiger partial charge in [0.1, 0.15) is 5.75 Å². The summed E-state index contributed by atoms with van der Waals surface area (Å²) < 4.78 is 5.22. The predicted molar refractivity (Wildman–Crippen MR) is 80.4 cm³/mol. The topological polar surface area (TPSA) is 93.4 Å². The fourth-order valence-electron chi connectivity index (χ4n) is 2.44. The molecule has 0 spiro atoms. The van der Waals surface area contributed by atoms with Crippen LogP contribution in [0.1, 0.15) is 30.1 Å². The zero-order valence-electron chi connectivity index (χ0n) is 12.4. The van der Waals surface area contributed by atoms with Crippen LogP contribution in [0, 0.1) is 5.41 Å². The molecule has 6 nitrogen and oxygen atoms in total. The van der Waals surface area contributed by atoms with Gasteiger partial charge in [0.15, 0.2) is 0 Å². The van der Waals surface area contributed by atoms with E-state index in [0.717, 1.165) is 25.9 Å². The summed E-state index contributed by atoms with van der Waals surface area (Å²) in [4.78, 5) is 23.8. The van der Waals surface area contributed by atoms with E-state index in [4.69, 9.17) is 10.5 Å². The molecule has 6 heteroatoms. The fourth-order valence-corrected chi connectivity index (χ4v) is 2.44. The molecule has 1 aromatic carbocycles. The summed E-state index contributed by atoms with van der Waals surface area (Å²) in [5.74, 6) is -0.101. The van der Waals surface area contributed by atoms with E-state index < -0.39 is 11.3 Å². The number of amides is 2. The number of carbonyl (C=O) groups excluding carboxylic acids is 2. The number of ether oxygens (including phenoxy) is 1. The monoisotopic (exact) mass is 291 g/mol. The van der Waals surface area contributed by atoms with Crippen molar-refractivity contribution in [3.8, 4) is 5.75 Å². The van der Waals surface area contributed by atoms with Crippen molar-refractivity contribution in [1.29, 1.82) is 0 Å². The van der Waals surface area contributed by atoms with Gasteiger partial charge in [-0.15, -0.1) is 0 Å². The lowest BCUT2D eigenvalue weighted by Crippen LogP contribution is -2.42. The second kappa shape index (κ2) is 6.13. The average molecular weight is 291 g/mol. The van der Waals surface area contributed by atoms with Gasteiger partial charge in [0.05, 0.1) is 12.8 Å². The Bertz CT molecular complexity index is 551. The lowest BCUT2D eigenvalue weighted by Gasteiger charge is -2.32. The molecular weight excluding hydrogens is 270 g/mol. The number of hydrogen-bond acceptors (Lipinski definition) is 4. The largest absolute Gasteiger partial charge is 0.495 e. The Morgan fingerprint density at radius 2 is 2.00 bits per heavy atom. The minimum absolute atomic E-state index is 0.0658. The van der Waals surface area contributed by atoms with Gasteiger partial charge in [-0.25, -0.2) is 0 Å². The molecule has 1 aliphatic rings. The van der Waals surface area contributed by atoms with Gasteiger partial charge in [-0.2, -0.15) is 0 Å². The third kappa shape index (κ3) is 3.33. The van der Waals surface area contributed by atoms with Gasteiger partial charge >= 0.3 is 0 Å². The summed E-state index contributed by atoms with van der Waals surface area (Å²) in [6.07, 6.45) is 1.55. The van der Waals surface area contributed by atoms with Crippen molar-refractivity contribution in [2.24, 2.45) is 11.1 Å². The van der Waals surface area contributed by atoms with Crippen molar-refractivity contribution >= 4 is 17.5 Å². The number of rotatable bonds is 4. The molecular formula is C15H21N3O3. The number of nitrogens with one attached hydrogen (secondary N) is 2. The van der Waals surface area contributed by atoms with Crippen molar-refractivity contribution in [2.75, 3.05) is 25.5 Å². The van der Waals surface area contributed by atoms with Crippen LogP contribution in [-0.2, 0) is 4.79 Å². The number of anilines is 1. The van der Waals surface area contributed by atoms with Gasteiger partial charge in [-0.05, 0) is 44.1 Å². The highest BCUT2D eigenvalue weighted by atomic mass is 16.5. The van der Waals surface area contributed by atoms with Gasteiger partial charge in [-0.3, -0.25) is 9.59 Å². The highest BCUT2D eigenvalue weighted by Gasteiger charge is 2.34. The maximum Gasteiger partial charge on any atom is 0.248 e. The third-order valence-electron chi connectivity index (χ3n) is 3.99. The summed E-state index contributed by atoms with van der Waals surface area (Å²) in [6.45, 7) is 3.60. The quantitative estimate of drug-likeness (QED) is 0.775. The van der Waals surface area contributed by atoms with Crippen LogP contribution in [0.3, 0.4) is 0 Å². The average Bonchev–Trinajstić information content (AvgIpc) is 2.47. The van der Waals surface area contributed by atoms with Crippen LogP contribution in [0.15, 0.2) is 18.2 Å². The second-order valence-electron chi connectivity index (χ2n) is 5.54. The summed E-state index contributed by atoms with van der Waals surface area (Å²) >= 11 is 0. The second-order valence-corrected chi connectivity index (χ2v) is 5.54. The van der Waals surface area contributed by atoms with E-state index in [2.05, 4.69) is 10.6 Å². The molecule has 0 radical (unpaired) electrons. The van der Waals surface area contributed by atoms with Crippen molar-refractivity contribution < 1.29 is 14.3 Å². The van der Waals surface area contributed by atoms with E-state index in [1.165, 1.54) is 7.11 Å². The lowest BCUT2D eigenvalue weighted by atomic mass is 9.80. The van der Waals surface area contributed by atoms with Crippen LogP contribution in [0.2, 0.25) is 0 Å². The first-order chi connectivity index (χ1) is 9.96. The van der Waals surface area contributed by atoms with Crippen LogP contribution in [0.5, 0.6) is 5.75 Å². The minimum atomic E-state index is -0.541. The Morgan fingerprint density at radius 3 is 2.57 bits per heavy atom. The van der Waals surface area contributed by atoms with Crippen LogP contribution >= 0.6 is 0 Å². The van der Waals surface area contributed by atoms with Crippen molar-refractivity contribution in [2.45, 2.75) is 19.8 Å². The Morgan fingerprint density at radius 1 is 1.33 bits per heavy atom. The molecule has 1 saturated heterocycles. The van der Waals surface area contributed by atoms with Gasteiger partial charge in [-0.1, -0.05) is 6.92 Å². The molecule has 2 rings (SSSR count). The number of benzene rings is 1. The molecule has 114 valence electrons. The molecule has 1 aliphatic heterocycles. The first kappa shape index (κ1) is 15.3. The van der Waals surface area contributed by atoms with Gasteiger partial charge < -0.3 is 21.1 Å². The Labute approximate surface area is 124 Å². The van der Waals surface area contributed by atoms with Crippen LogP contribution < -0.4 is 21.1 Å². The minimum Gasteiger partial charge on any atom is -0.495 e. The molecule has 1 aromatic rings. The summed E-state index contributed by atoms with van der Waals surface area (Å²) in [5, 5.41) is 6.11. The lowest BCUT2D eigenvalue weighted by molar-refractivity contribution is -0.126. The first-order valence-electron chi connectivity index (χ1n) is 6.96. The summed E-state index contributed by atoms with van der Waals surface area (Å²) in [5.41, 5.74) is 5.66. The molecule has 0 bridgehead atoms. The normalized spacial score (nSPS) is 17.0. The highest BCUT2D eigenvalue weighted by Crippen LogP contribution is 2.32. The highest BCUT2D eigenvalue weighted by molar-refractivity contribution is 5.99. The van der Waals surface area contributed by atoms with Crippen molar-refractivity contribution in [3.63, 3.8) is 0 Å². The van der Waals surface area contributed by atoms with Gasteiger partial charge in [0.2, 0.25) is 11.8 Å². The molecule has 0 saturated carbocycles. The number of hydrogen-bond donors (Lipinski definition) is 3. The Balaban J connectivity index is 2.23. The molecule has 0 unspecified atom stereocenters. The molecule has 2 amide bonds. The number of carbonyl (C=O) groups is 2. The van der Waals surface area contributed by atoms with E-state index in [1.54, 1.807) is 18.2 Å². The molecule has 0 aromatic heterocycles. The molecule has 21 heavy (non-hydrogen) atoms. The van der Waals surface area contributed by atoms with Crippen molar-refractivity contribution in [1.82, 2.24) is 5.32 Å². The first-order valence-corrected chi connectivity index (χ1v) is 6.96. The number of primary amides is 1. The molecule has 4 N–H and O–H groups in total. The SMILES string of the molecule is COc1ccc(C(N)=O)cc1NC(=O)C1(C)CCNCC1. The number of nitrogens with two attached hydrogens (primary N) is 1. The van der Waals surface area contributed by atoms with E-state index in [-0.39, 0.29) is 5.91 Å². The van der Waals surface area contributed by atoms with Gasteiger partial charge in [0, 0.05) is 11.0 Å². The van der Waals surface area contributed by atoms with Crippen molar-refractivity contribution in [3.05, 3.63) is 23.8 Å². The van der Waals surface area contributed by atoms with E-state index in [0.29, 0.717) is 17.0 Å². The molecule has 1 fully saturated rings. The maximum atomic E-state index is 12.5. The number of piperidine rings is 1. The smallest absolute Gasteiger partial charge is 0.248 e. The maximum absolute atomic E-state index is 12.5. The Hall–Kier alpha value is -2.08. The summed E-state index contributed by atoms with van der Waals surface area (Å²) in [7, 11) is 1.52. The van der Waals surface area contributed by atoms with E-state index in [9.17, 15) is 9.59 Å². The van der Waals surface area contributed by atoms with Crippen LogP contribution in [0.25, 0.3) is 0 Å². The van der Waals surface area contributed by atoms with Crippen LogP contribution in [0.4, 0.5) is 5.69 Å². The third-order valence-corrected chi connectivity index (χ3v) is 3.99. The molecule has 1 heterocycles. The van der Waals surface area contributed by atoms with E-state index in [1.807, 2.05) is 6.92 Å². The van der Waals surface area contributed by atoms with Crippen LogP contribution in [-0.4, -0.2) is 32.0 Å². The molecule has 0 aliphatic carbocycles. The standard InChI is InChI=1S/C15H21N3O3/c1-15(5-7-17-8-6-15)14(20)18-11-9-10(13(16)19)3-4-12(11)21-2/h3-4,9,17H,5-8H2,1-2H3,(H2,16,19)(H,18,20). The zero-order valence-corrected chi connectivity index (χ0v) is 12.4. The predicted octanol–water partition coefficient (Wildman–Crippen LogP) is 1.12. The van der Waals surface area contributed by atoms with Gasteiger partial charge in [0.25, 0.3) is 0 Å². The summed E-state index contributed by atoms with van der Waals surface area (Å²) in [6, 6.07) is 4.74. The molecule has 0 atom stereocenters. The van der Waals surface area contributed by atoms with E-state index >= 15 is 0 Å². The fraction of sp³-hybridized carbons (Fsp3) is 0.467. The number of methoxy groups -OCH3 is 1. The Kier molecular flexibility index (Phi) is 4.47. The zero-order chi connectivity index (χ0) is 15.5.